The molecule has 0 aliphatic heterocycles. The highest BCUT2D eigenvalue weighted by Crippen LogP contribution is 2.22. The Morgan fingerprint density at radius 2 is 2.20 bits per heavy atom. The van der Waals surface area contributed by atoms with Crippen molar-refractivity contribution in [1.29, 1.82) is 0 Å². The predicted octanol–water partition coefficient (Wildman–Crippen LogP) is 1.49. The van der Waals surface area contributed by atoms with Crippen LogP contribution in [0.4, 0.5) is 5.69 Å². The number of thiazole rings is 1. The molecule has 20 heavy (non-hydrogen) atoms. The summed E-state index contributed by atoms with van der Waals surface area (Å²) >= 11 is 1.48. The highest BCUT2D eigenvalue weighted by molar-refractivity contribution is 7.90. The summed E-state index contributed by atoms with van der Waals surface area (Å²) in [6.07, 6.45) is 0.766. The first kappa shape index (κ1) is 15.2. The lowest BCUT2D eigenvalue weighted by atomic mass is 10.3. The van der Waals surface area contributed by atoms with Crippen molar-refractivity contribution in [3.63, 3.8) is 0 Å². The maximum atomic E-state index is 12.2. The monoisotopic (exact) mass is 314 g/mol. The molecular formula is C12H18N4O2S2. The molecule has 8 heteroatoms. The zero-order chi connectivity index (χ0) is 14.6. The van der Waals surface area contributed by atoms with E-state index in [1.54, 1.807) is 24.7 Å². The summed E-state index contributed by atoms with van der Waals surface area (Å²) in [7, 11) is -0.0888. The fourth-order valence-corrected chi connectivity index (χ4v) is 3.41. The molecule has 0 radical (unpaired) electrons. The van der Waals surface area contributed by atoms with Crippen LogP contribution in [0.15, 0.2) is 23.7 Å². The number of aromatic nitrogens is 1. The van der Waals surface area contributed by atoms with Gasteiger partial charge in [-0.3, -0.25) is 4.72 Å². The topological polar surface area (TPSA) is 74.3 Å². The van der Waals surface area contributed by atoms with Crippen LogP contribution in [0.3, 0.4) is 0 Å². The van der Waals surface area contributed by atoms with Gasteiger partial charge in [0, 0.05) is 13.6 Å². The minimum Gasteiger partial charge on any atom is -0.320 e. The lowest BCUT2D eigenvalue weighted by molar-refractivity contribution is 0.462. The van der Waals surface area contributed by atoms with E-state index in [4.69, 9.17) is 0 Å². The number of rotatable bonds is 7. The first-order valence-electron chi connectivity index (χ1n) is 6.25. The molecule has 2 N–H and O–H groups in total. The summed E-state index contributed by atoms with van der Waals surface area (Å²) < 4.78 is 29.2. The molecule has 110 valence electrons. The third-order valence-corrected chi connectivity index (χ3v) is 5.18. The van der Waals surface area contributed by atoms with Crippen molar-refractivity contribution in [3.05, 3.63) is 23.7 Å². The Kier molecular flexibility index (Phi) is 4.92. The van der Waals surface area contributed by atoms with Crippen molar-refractivity contribution in [3.8, 4) is 0 Å². The summed E-state index contributed by atoms with van der Waals surface area (Å²) in [5, 5.41) is 2.99. The fourth-order valence-electron chi connectivity index (χ4n) is 1.74. The maximum Gasteiger partial charge on any atom is 0.301 e. The highest BCUT2D eigenvalue weighted by Gasteiger charge is 2.17. The number of hydrogen-bond donors (Lipinski definition) is 2. The van der Waals surface area contributed by atoms with Crippen LogP contribution in [0.2, 0.25) is 0 Å². The van der Waals surface area contributed by atoms with Gasteiger partial charge in [0.1, 0.15) is 0 Å². The van der Waals surface area contributed by atoms with Crippen molar-refractivity contribution in [1.82, 2.24) is 14.6 Å². The van der Waals surface area contributed by atoms with Crippen molar-refractivity contribution in [2.24, 2.45) is 0 Å². The molecule has 0 fully saturated rings. The second-order valence-electron chi connectivity index (χ2n) is 4.42. The van der Waals surface area contributed by atoms with E-state index in [2.05, 4.69) is 15.0 Å². The Balaban J connectivity index is 2.06. The average molecular weight is 314 g/mol. The molecule has 0 aliphatic carbocycles. The van der Waals surface area contributed by atoms with E-state index in [9.17, 15) is 8.42 Å². The number of hydrogen-bond acceptors (Lipinski definition) is 5. The fraction of sp³-hybridized carbons (Fsp3) is 0.417. The molecule has 1 heterocycles. The molecule has 0 atom stereocenters. The normalized spacial score (nSPS) is 12.2. The Labute approximate surface area is 123 Å². The molecule has 0 saturated carbocycles. The lowest BCUT2D eigenvalue weighted by Crippen LogP contribution is -2.34. The van der Waals surface area contributed by atoms with Gasteiger partial charge in [-0.05, 0) is 38.2 Å². The van der Waals surface area contributed by atoms with Gasteiger partial charge in [-0.25, -0.2) is 4.98 Å². The summed E-state index contributed by atoms with van der Waals surface area (Å²) in [5.74, 6) is 0. The first-order chi connectivity index (χ1) is 9.53. The Morgan fingerprint density at radius 1 is 1.40 bits per heavy atom. The van der Waals surface area contributed by atoms with Crippen LogP contribution in [-0.4, -0.2) is 44.9 Å². The maximum absolute atomic E-state index is 12.2. The molecule has 0 saturated heterocycles. The number of nitrogens with zero attached hydrogens (tertiary/aromatic N) is 2. The smallest absolute Gasteiger partial charge is 0.301 e. The van der Waals surface area contributed by atoms with Crippen molar-refractivity contribution in [2.45, 2.75) is 6.42 Å². The summed E-state index contributed by atoms with van der Waals surface area (Å²) in [6.45, 7) is 1.26. The molecule has 2 aromatic rings. The Hall–Kier alpha value is -1.22. The van der Waals surface area contributed by atoms with Crippen LogP contribution in [0.25, 0.3) is 10.2 Å². The molecule has 0 bridgehead atoms. The number of fused-ring (bicyclic) bond motifs is 1. The molecule has 6 nitrogen and oxygen atoms in total. The number of nitrogens with one attached hydrogen (secondary N) is 2. The van der Waals surface area contributed by atoms with Crippen molar-refractivity contribution < 1.29 is 8.42 Å². The van der Waals surface area contributed by atoms with Gasteiger partial charge in [-0.2, -0.15) is 12.7 Å². The molecule has 0 amide bonds. The van der Waals surface area contributed by atoms with Gasteiger partial charge in [0.15, 0.2) is 0 Å². The summed E-state index contributed by atoms with van der Waals surface area (Å²) in [4.78, 5) is 4.17. The van der Waals surface area contributed by atoms with Gasteiger partial charge < -0.3 is 5.32 Å². The van der Waals surface area contributed by atoms with Crippen LogP contribution in [-0.2, 0) is 10.2 Å². The average Bonchev–Trinajstić information content (AvgIpc) is 2.85. The number of benzene rings is 1. The van der Waals surface area contributed by atoms with E-state index in [0.29, 0.717) is 12.2 Å². The molecule has 0 aliphatic rings. The van der Waals surface area contributed by atoms with Crippen LogP contribution >= 0.6 is 11.3 Å². The van der Waals surface area contributed by atoms with Gasteiger partial charge in [-0.15, -0.1) is 11.3 Å². The highest BCUT2D eigenvalue weighted by atomic mass is 32.2. The third kappa shape index (κ3) is 3.66. The Bertz CT molecular complexity index is 669. The first-order valence-corrected chi connectivity index (χ1v) is 8.57. The van der Waals surface area contributed by atoms with Gasteiger partial charge in [0.2, 0.25) is 0 Å². The van der Waals surface area contributed by atoms with E-state index in [1.807, 2.05) is 13.1 Å². The molecule has 0 spiro atoms. The third-order valence-electron chi connectivity index (χ3n) is 2.89. The standard InChI is InChI=1S/C12H18N4O2S2/c1-13-6-3-7-16(2)20(17,18)15-10-4-5-11-12(8-10)19-9-14-11/h4-5,8-9,13,15H,3,6-7H2,1-2H3. The number of anilines is 1. The van der Waals surface area contributed by atoms with E-state index in [-0.39, 0.29) is 0 Å². The lowest BCUT2D eigenvalue weighted by Gasteiger charge is -2.18. The van der Waals surface area contributed by atoms with Gasteiger partial charge in [0.05, 0.1) is 21.4 Å². The Morgan fingerprint density at radius 3 is 2.95 bits per heavy atom. The van der Waals surface area contributed by atoms with E-state index >= 15 is 0 Å². The van der Waals surface area contributed by atoms with Gasteiger partial charge >= 0.3 is 10.2 Å². The minimum absolute atomic E-state index is 0.471. The molecule has 1 aromatic carbocycles. The largest absolute Gasteiger partial charge is 0.320 e. The quantitative estimate of drug-likeness (QED) is 0.760. The summed E-state index contributed by atoms with van der Waals surface area (Å²) in [6, 6.07) is 5.33. The van der Waals surface area contributed by atoms with Crippen LogP contribution in [0, 0.1) is 0 Å². The summed E-state index contributed by atoms with van der Waals surface area (Å²) in [5.41, 5.74) is 3.18. The molecule has 1 aromatic heterocycles. The second-order valence-corrected chi connectivity index (χ2v) is 7.08. The second kappa shape index (κ2) is 6.49. The van der Waals surface area contributed by atoms with E-state index < -0.39 is 10.2 Å². The van der Waals surface area contributed by atoms with Crippen LogP contribution in [0.5, 0.6) is 0 Å². The molecule has 2 rings (SSSR count). The minimum atomic E-state index is -3.51. The van der Waals surface area contributed by atoms with Gasteiger partial charge in [0.25, 0.3) is 0 Å². The van der Waals surface area contributed by atoms with E-state index in [0.717, 1.165) is 23.2 Å². The van der Waals surface area contributed by atoms with Crippen molar-refractivity contribution in [2.75, 3.05) is 31.9 Å². The molecular weight excluding hydrogens is 296 g/mol. The van der Waals surface area contributed by atoms with Gasteiger partial charge in [-0.1, -0.05) is 0 Å². The van der Waals surface area contributed by atoms with Crippen LogP contribution in [0.1, 0.15) is 6.42 Å². The zero-order valence-corrected chi connectivity index (χ0v) is 13.1. The van der Waals surface area contributed by atoms with E-state index in [1.165, 1.54) is 15.6 Å². The van der Waals surface area contributed by atoms with Crippen molar-refractivity contribution >= 4 is 37.5 Å². The SMILES string of the molecule is CNCCCN(C)S(=O)(=O)Nc1ccc2ncsc2c1. The predicted molar refractivity (Wildman–Crippen MR) is 83.3 cm³/mol. The van der Waals surface area contributed by atoms with Crippen LogP contribution < -0.4 is 10.0 Å². The molecule has 0 unspecified atom stereocenters. The zero-order valence-electron chi connectivity index (χ0n) is 11.5.